The predicted octanol–water partition coefficient (Wildman–Crippen LogP) is 15.3. The van der Waals surface area contributed by atoms with Crippen molar-refractivity contribution < 1.29 is 8.83 Å². The first-order valence-electron chi connectivity index (χ1n) is 23.9. The minimum atomic E-state index is -2.47. The van der Waals surface area contributed by atoms with E-state index in [-0.39, 0.29) is 0 Å². The Morgan fingerprint density at radius 3 is 1.00 bits per heavy atom. The zero-order chi connectivity index (χ0) is 46.4. The number of anilines is 6. The lowest BCUT2D eigenvalue weighted by molar-refractivity contribution is 0.669. The van der Waals surface area contributed by atoms with Crippen molar-refractivity contribution in [1.29, 1.82) is 0 Å². The van der Waals surface area contributed by atoms with Gasteiger partial charge < -0.3 is 18.6 Å². The molecule has 0 atom stereocenters. The SMILES string of the molecule is Cc1ccc(N(c2ccc(C)cc2)c2cc3c(c4c2oc2ccccc24)-c2ccc4c(c2[Si]3(C)C)[Si](C)(C)c2cc(N(c3ccc(C)cc3)c3ccc(C)cc3)c3oc5ccccc5c3c2-4)cc1. The maximum Gasteiger partial charge on any atom is 0.160 e. The van der Waals surface area contributed by atoms with Gasteiger partial charge in [-0.25, -0.2) is 0 Å². The van der Waals surface area contributed by atoms with Gasteiger partial charge in [-0.1, -0.05) is 146 Å². The molecule has 0 saturated heterocycles. The maximum atomic E-state index is 7.12. The molecule has 0 unspecified atom stereocenters. The van der Waals surface area contributed by atoms with Crippen molar-refractivity contribution in [1.82, 2.24) is 0 Å². The lowest BCUT2D eigenvalue weighted by Crippen LogP contribution is -2.63. The minimum Gasteiger partial charge on any atom is -0.454 e. The van der Waals surface area contributed by atoms with Gasteiger partial charge in [0, 0.05) is 44.3 Å². The summed E-state index contributed by atoms with van der Waals surface area (Å²) in [6, 6.07) is 63.0. The molecule has 4 heterocycles. The van der Waals surface area contributed by atoms with E-state index in [0.29, 0.717) is 0 Å². The highest BCUT2D eigenvalue weighted by atomic mass is 28.3. The number of furan rings is 2. The first-order chi connectivity index (χ1) is 32.9. The van der Waals surface area contributed by atoms with Gasteiger partial charge in [-0.05, 0) is 143 Å². The summed E-state index contributed by atoms with van der Waals surface area (Å²) < 4.78 is 14.2. The van der Waals surface area contributed by atoms with Gasteiger partial charge in [-0.15, -0.1) is 0 Å². The fourth-order valence-corrected chi connectivity index (χ4v) is 20.3. The zero-order valence-corrected chi connectivity index (χ0v) is 41.9. The molecule has 2 aliphatic rings. The Kier molecular flexibility index (Phi) is 8.75. The van der Waals surface area contributed by atoms with Crippen molar-refractivity contribution in [2.75, 3.05) is 9.80 Å². The summed E-state index contributed by atoms with van der Waals surface area (Å²) >= 11 is 0. The summed E-state index contributed by atoms with van der Waals surface area (Å²) in [5.74, 6) is 0. The summed E-state index contributed by atoms with van der Waals surface area (Å²) in [7, 11) is -4.93. The quantitative estimate of drug-likeness (QED) is 0.156. The summed E-state index contributed by atoms with van der Waals surface area (Å²) in [6.45, 7) is 19.1. The van der Waals surface area contributed by atoms with Crippen LogP contribution in [0.3, 0.4) is 0 Å². The molecule has 0 amide bonds. The van der Waals surface area contributed by atoms with E-state index in [0.717, 1.165) is 67.2 Å². The van der Waals surface area contributed by atoms with E-state index in [1.54, 1.807) is 10.4 Å². The largest absolute Gasteiger partial charge is 0.454 e. The lowest BCUT2D eigenvalue weighted by atomic mass is 9.94. The Bertz CT molecular complexity index is 3530. The molecular weight excluding hydrogens is 861 g/mol. The molecule has 68 heavy (non-hydrogen) atoms. The van der Waals surface area contributed by atoms with Crippen LogP contribution >= 0.6 is 0 Å². The van der Waals surface area contributed by atoms with E-state index < -0.39 is 16.1 Å². The van der Waals surface area contributed by atoms with Crippen molar-refractivity contribution in [3.05, 3.63) is 192 Å². The van der Waals surface area contributed by atoms with Crippen molar-refractivity contribution in [2.45, 2.75) is 53.9 Å². The Balaban J connectivity index is 1.10. The van der Waals surface area contributed by atoms with E-state index in [4.69, 9.17) is 8.83 Å². The Labute approximate surface area is 399 Å². The molecule has 9 aromatic carbocycles. The maximum absolute atomic E-state index is 7.12. The average Bonchev–Trinajstić information content (AvgIpc) is 4.04. The molecule has 0 aliphatic carbocycles. The van der Waals surface area contributed by atoms with E-state index in [9.17, 15) is 0 Å². The van der Waals surface area contributed by atoms with Crippen LogP contribution in [0.1, 0.15) is 22.3 Å². The molecule has 2 aliphatic heterocycles. The standard InChI is InChI=1S/C62H52N2O2Si2/c1-37-17-25-41(26-18-37)63(42-27-19-38(2)20-28-42)49-35-53-55(57-45-13-9-11-15-51(45)65-59(49)57)47-33-34-48-56-54(68(7,8)62(48)61(47)67(53,5)6)36-50(60-58(56)46-14-10-12-16-52(46)66-60)64(43-29-21-39(3)22-30-43)44-31-23-40(4)24-32-44/h9-36H,1-8H3. The highest BCUT2D eigenvalue weighted by Crippen LogP contribution is 2.51. The second-order valence-electron chi connectivity index (χ2n) is 20.4. The first kappa shape index (κ1) is 40.9. The van der Waals surface area contributed by atoms with Gasteiger partial charge in [0.2, 0.25) is 0 Å². The van der Waals surface area contributed by atoms with E-state index in [1.807, 2.05) is 0 Å². The molecule has 0 fully saturated rings. The fraction of sp³-hybridized carbons (Fsp3) is 0.129. The number of hydrogen-bond donors (Lipinski definition) is 0. The topological polar surface area (TPSA) is 32.8 Å². The predicted molar refractivity (Wildman–Crippen MR) is 294 cm³/mol. The van der Waals surface area contributed by atoms with Gasteiger partial charge in [0.15, 0.2) is 11.2 Å². The Hall–Kier alpha value is -7.39. The Morgan fingerprint density at radius 2 is 0.676 bits per heavy atom. The van der Waals surface area contributed by atoms with E-state index in [1.165, 1.54) is 65.7 Å². The van der Waals surface area contributed by atoms with Crippen LogP contribution in [-0.2, 0) is 0 Å². The number of nitrogens with zero attached hydrogens (tertiary/aromatic N) is 2. The second-order valence-corrected chi connectivity index (χ2v) is 29.0. The van der Waals surface area contributed by atoms with E-state index >= 15 is 0 Å². The molecule has 0 saturated carbocycles. The first-order valence-corrected chi connectivity index (χ1v) is 29.9. The van der Waals surface area contributed by atoms with Crippen LogP contribution in [0, 0.1) is 27.7 Å². The van der Waals surface area contributed by atoms with Gasteiger partial charge in [0.25, 0.3) is 0 Å². The van der Waals surface area contributed by atoms with Crippen LogP contribution in [0.5, 0.6) is 0 Å². The number of rotatable bonds is 6. The number of para-hydroxylation sites is 2. The number of fused-ring (bicyclic) bond motifs is 15. The number of benzene rings is 9. The molecule has 4 nitrogen and oxygen atoms in total. The molecule has 13 rings (SSSR count). The molecule has 0 radical (unpaired) electrons. The number of aryl methyl sites for hydroxylation is 4. The minimum absolute atomic E-state index is 0.912. The van der Waals surface area contributed by atoms with Gasteiger partial charge in [0.05, 0.1) is 11.4 Å². The number of hydrogen-bond acceptors (Lipinski definition) is 4. The van der Waals surface area contributed by atoms with Crippen molar-refractivity contribution >= 4 is 115 Å². The average molecular weight is 913 g/mol. The van der Waals surface area contributed by atoms with E-state index in [2.05, 4.69) is 234 Å². The van der Waals surface area contributed by atoms with Crippen LogP contribution in [0.2, 0.25) is 26.2 Å². The molecular formula is C62H52N2O2Si2. The van der Waals surface area contributed by atoms with Crippen LogP contribution in [0.15, 0.2) is 179 Å². The molecule has 11 aromatic rings. The highest BCUT2D eigenvalue weighted by molar-refractivity contribution is 7.13. The third kappa shape index (κ3) is 5.77. The third-order valence-corrected chi connectivity index (χ3v) is 22.5. The second kappa shape index (κ2) is 14.6. The molecule has 6 heteroatoms. The van der Waals surface area contributed by atoms with Gasteiger partial charge in [-0.2, -0.15) is 0 Å². The normalized spacial score (nSPS) is 14.1. The summed E-state index contributed by atoms with van der Waals surface area (Å²) in [5, 5.41) is 10.8. The fourth-order valence-electron chi connectivity index (χ4n) is 11.9. The summed E-state index contributed by atoms with van der Waals surface area (Å²) in [4.78, 5) is 4.85. The molecule has 0 bridgehead atoms. The van der Waals surface area contributed by atoms with Crippen LogP contribution in [0.4, 0.5) is 34.1 Å². The van der Waals surface area contributed by atoms with Crippen molar-refractivity contribution in [3.8, 4) is 22.3 Å². The van der Waals surface area contributed by atoms with Crippen LogP contribution in [-0.4, -0.2) is 16.1 Å². The van der Waals surface area contributed by atoms with Crippen molar-refractivity contribution in [3.63, 3.8) is 0 Å². The van der Waals surface area contributed by atoms with Crippen LogP contribution in [0.25, 0.3) is 66.1 Å². The van der Waals surface area contributed by atoms with Crippen LogP contribution < -0.4 is 30.5 Å². The van der Waals surface area contributed by atoms with Gasteiger partial charge in [-0.3, -0.25) is 0 Å². The smallest absolute Gasteiger partial charge is 0.160 e. The highest BCUT2D eigenvalue weighted by Gasteiger charge is 2.50. The molecule has 330 valence electrons. The lowest BCUT2D eigenvalue weighted by Gasteiger charge is -2.30. The Morgan fingerprint density at radius 1 is 0.368 bits per heavy atom. The third-order valence-electron chi connectivity index (χ3n) is 15.2. The van der Waals surface area contributed by atoms with Gasteiger partial charge >= 0.3 is 0 Å². The molecule has 0 N–H and O–H groups in total. The summed E-state index contributed by atoms with van der Waals surface area (Å²) in [5.41, 5.74) is 20.6. The summed E-state index contributed by atoms with van der Waals surface area (Å²) in [6.07, 6.45) is 0. The molecule has 2 aromatic heterocycles. The molecule has 0 spiro atoms. The van der Waals surface area contributed by atoms with Gasteiger partial charge in [0.1, 0.15) is 27.3 Å². The zero-order valence-electron chi connectivity index (χ0n) is 39.9. The van der Waals surface area contributed by atoms with Crippen molar-refractivity contribution in [2.24, 2.45) is 0 Å². The monoisotopic (exact) mass is 912 g/mol.